The van der Waals surface area contributed by atoms with Crippen LogP contribution in [0.4, 0.5) is 0 Å². The fourth-order valence-corrected chi connectivity index (χ4v) is 4.28. The van der Waals surface area contributed by atoms with Crippen molar-refractivity contribution in [3.05, 3.63) is 48.6 Å². The molecule has 0 aliphatic heterocycles. The second kappa shape index (κ2) is 11.0. The van der Waals surface area contributed by atoms with Gasteiger partial charge in [-0.2, -0.15) is 12.2 Å². The smallest absolute Gasteiger partial charge is 0.109 e. The molecule has 0 aromatic heterocycles. The van der Waals surface area contributed by atoms with E-state index >= 15 is 0 Å². The number of allylic oxidation sites excluding steroid dienone is 8. The van der Waals surface area contributed by atoms with Crippen molar-refractivity contribution >= 4 is 13.4 Å². The van der Waals surface area contributed by atoms with Crippen LogP contribution in [0.25, 0.3) is 0 Å². The zero-order chi connectivity index (χ0) is 13.0. The summed E-state index contributed by atoms with van der Waals surface area (Å²) in [5.41, 5.74) is 0.374. The Kier molecular flexibility index (Phi) is 10.9. The fourth-order valence-electron chi connectivity index (χ4n) is 0.827. The first kappa shape index (κ1) is 16.9. The minimum absolute atomic E-state index is 0.374. The van der Waals surface area contributed by atoms with Gasteiger partial charge >= 0.3 is 57.8 Å². The van der Waals surface area contributed by atoms with E-state index in [2.05, 4.69) is 49.3 Å². The maximum Gasteiger partial charge on any atom is -0.109 e. The average molecular weight is 417 g/mol. The van der Waals surface area contributed by atoms with Gasteiger partial charge < -0.3 is 0 Å². The Hall–Kier alpha value is -0.140. The van der Waals surface area contributed by atoms with E-state index in [4.69, 9.17) is 9.19 Å². The van der Waals surface area contributed by atoms with Crippen LogP contribution in [0.3, 0.4) is 0 Å². The molecule has 2 aliphatic carbocycles. The van der Waals surface area contributed by atoms with Gasteiger partial charge in [-0.25, -0.2) is 24.3 Å². The van der Waals surface area contributed by atoms with Crippen LogP contribution in [-0.4, -0.2) is 4.23 Å². The van der Waals surface area contributed by atoms with E-state index in [0.29, 0.717) is 5.41 Å². The number of rotatable bonds is 0. The zero-order valence-corrected chi connectivity index (χ0v) is 14.8. The van der Waals surface area contributed by atoms with E-state index in [9.17, 15) is 0 Å². The van der Waals surface area contributed by atoms with Gasteiger partial charge in [-0.1, -0.05) is 0 Å². The van der Waals surface area contributed by atoms with Crippen LogP contribution < -0.4 is 0 Å². The largest absolute Gasteiger partial charge is 0.273 e. The quantitative estimate of drug-likeness (QED) is 0.503. The van der Waals surface area contributed by atoms with Crippen molar-refractivity contribution in [1.29, 1.82) is 0 Å². The summed E-state index contributed by atoms with van der Waals surface area (Å²) in [5.74, 6) is 0. The van der Waals surface area contributed by atoms with Crippen molar-refractivity contribution in [3.63, 3.8) is 0 Å². The van der Waals surface area contributed by atoms with Crippen molar-refractivity contribution in [2.24, 2.45) is 5.41 Å². The van der Waals surface area contributed by atoms with Crippen molar-refractivity contribution in [3.8, 4) is 0 Å². The van der Waals surface area contributed by atoms with Crippen molar-refractivity contribution < 1.29 is 18.2 Å². The molecule has 0 saturated carbocycles. The molecule has 0 fully saturated rings. The van der Waals surface area contributed by atoms with Gasteiger partial charge in [0.15, 0.2) is 0 Å². The first-order chi connectivity index (χ1) is 8.06. The minimum atomic E-state index is -0.643. The molecule has 94 valence electrons. The summed E-state index contributed by atoms with van der Waals surface area (Å²) in [7, 11) is 5.61. The number of halogens is 1. The molecule has 0 spiro atoms. The van der Waals surface area contributed by atoms with Crippen LogP contribution in [0.1, 0.15) is 33.6 Å². The molecule has 0 nitrogen and oxygen atoms in total. The summed E-state index contributed by atoms with van der Waals surface area (Å²) in [4.78, 5) is 0. The van der Waals surface area contributed by atoms with Crippen LogP contribution in [-0.2, 0) is 18.2 Å². The van der Waals surface area contributed by atoms with E-state index in [1.807, 2.05) is 24.3 Å². The van der Waals surface area contributed by atoms with Gasteiger partial charge in [-0.15, -0.1) is 12.8 Å². The molecule has 0 amide bonds. The van der Waals surface area contributed by atoms with E-state index < -0.39 is 18.2 Å². The Morgan fingerprint density at radius 1 is 1.06 bits per heavy atom. The maximum atomic E-state index is 5.61. The van der Waals surface area contributed by atoms with E-state index in [0.717, 1.165) is 12.8 Å². The molecule has 0 unspecified atom stereocenters. The Morgan fingerprint density at radius 3 is 1.59 bits per heavy atom. The number of hydrogen-bond donors (Lipinski definition) is 0. The SMILES string of the molecule is CC(C)(C)[CH]=[Ta][Cl].[C-]1=CC=CC1.[C-]1=CC=CC1. The minimum Gasteiger partial charge on any atom is -0.273 e. The van der Waals surface area contributed by atoms with E-state index in [-0.39, 0.29) is 0 Å². The maximum absolute atomic E-state index is 5.61. The molecular formula is C15H20ClTa-2. The predicted molar refractivity (Wildman–Crippen MR) is 74.5 cm³/mol. The van der Waals surface area contributed by atoms with Gasteiger partial charge in [-0.3, -0.25) is 12.2 Å². The van der Waals surface area contributed by atoms with Crippen molar-refractivity contribution in [1.82, 2.24) is 0 Å². The number of hydrogen-bond acceptors (Lipinski definition) is 0. The van der Waals surface area contributed by atoms with Gasteiger partial charge in [0.1, 0.15) is 0 Å². The molecule has 2 heteroatoms. The van der Waals surface area contributed by atoms with Gasteiger partial charge in [0.2, 0.25) is 0 Å². The first-order valence-electron chi connectivity index (χ1n) is 5.65. The van der Waals surface area contributed by atoms with Crippen LogP contribution >= 0.6 is 9.19 Å². The monoisotopic (exact) mass is 416 g/mol. The molecule has 2 aliphatic rings. The Labute approximate surface area is 119 Å². The van der Waals surface area contributed by atoms with Crippen LogP contribution in [0.5, 0.6) is 0 Å². The summed E-state index contributed by atoms with van der Waals surface area (Å²) in [6.07, 6.45) is 20.0. The van der Waals surface area contributed by atoms with Gasteiger partial charge in [0, 0.05) is 0 Å². The molecule has 0 N–H and O–H groups in total. The third-order valence-corrected chi connectivity index (χ3v) is 5.54. The molecular weight excluding hydrogens is 397 g/mol. The topological polar surface area (TPSA) is 0 Å². The van der Waals surface area contributed by atoms with Gasteiger partial charge in [0.05, 0.1) is 0 Å². The standard InChI is InChI=1S/2C5H5.C5H10.ClH.Ta/c2*1-2-4-5-3-1;1-5(2,3)4;;/h2*1-3H,4H2;1H,2-4H3;1H;/q2*-1;;;+1/p-1. The third kappa shape index (κ3) is 15.9. The Balaban J connectivity index is 0.000000229. The van der Waals surface area contributed by atoms with E-state index in [1.165, 1.54) is 0 Å². The third-order valence-electron chi connectivity index (χ3n) is 1.61. The molecule has 0 aromatic carbocycles. The second-order valence-corrected chi connectivity index (χ2v) is 7.83. The molecule has 0 radical (unpaired) electrons. The molecule has 0 atom stereocenters. The van der Waals surface area contributed by atoms with Crippen molar-refractivity contribution in [2.45, 2.75) is 33.6 Å². The molecule has 0 saturated heterocycles. The molecule has 0 aromatic rings. The summed E-state index contributed by atoms with van der Waals surface area (Å²) in [5, 5.41) is 0. The Bertz CT molecular complexity index is 272. The summed E-state index contributed by atoms with van der Waals surface area (Å²) in [6, 6.07) is 0. The predicted octanol–water partition coefficient (Wildman–Crippen LogP) is 4.68. The van der Waals surface area contributed by atoms with E-state index in [1.54, 1.807) is 0 Å². The summed E-state index contributed by atoms with van der Waals surface area (Å²) < 4.78 is 2.26. The van der Waals surface area contributed by atoms with Gasteiger partial charge in [0.25, 0.3) is 0 Å². The molecule has 17 heavy (non-hydrogen) atoms. The summed E-state index contributed by atoms with van der Waals surface area (Å²) >= 11 is -0.643. The van der Waals surface area contributed by atoms with Crippen LogP contribution in [0.15, 0.2) is 36.5 Å². The average Bonchev–Trinajstić information content (AvgIpc) is 2.96. The molecule has 2 rings (SSSR count). The normalized spacial score (nSPS) is 15.8. The van der Waals surface area contributed by atoms with Crippen molar-refractivity contribution in [2.75, 3.05) is 0 Å². The van der Waals surface area contributed by atoms with Crippen LogP contribution in [0.2, 0.25) is 0 Å². The first-order valence-corrected chi connectivity index (χ1v) is 11.5. The summed E-state index contributed by atoms with van der Waals surface area (Å²) in [6.45, 7) is 6.54. The van der Waals surface area contributed by atoms with Crippen LogP contribution in [0, 0.1) is 17.6 Å². The fraction of sp³-hybridized carbons (Fsp3) is 0.400. The zero-order valence-electron chi connectivity index (χ0n) is 10.8. The Morgan fingerprint density at radius 2 is 1.53 bits per heavy atom. The molecule has 0 bridgehead atoms. The second-order valence-electron chi connectivity index (χ2n) is 4.60. The van der Waals surface area contributed by atoms with Gasteiger partial charge in [-0.05, 0) is 0 Å². The molecule has 0 heterocycles.